The second-order valence-corrected chi connectivity index (χ2v) is 5.20. The van der Waals surface area contributed by atoms with Gasteiger partial charge < -0.3 is 15.6 Å². The predicted molar refractivity (Wildman–Crippen MR) is 93.0 cm³/mol. The summed E-state index contributed by atoms with van der Waals surface area (Å²) in [6, 6.07) is 13.8. The molecular formula is C17H15N7. The van der Waals surface area contributed by atoms with Gasteiger partial charge in [-0.1, -0.05) is 24.3 Å². The molecule has 1 aromatic carbocycles. The van der Waals surface area contributed by atoms with E-state index in [0.29, 0.717) is 24.0 Å². The molecule has 0 saturated heterocycles. The van der Waals surface area contributed by atoms with Crippen molar-refractivity contribution < 1.29 is 0 Å². The number of pyridine rings is 1. The third kappa shape index (κ3) is 3.00. The van der Waals surface area contributed by atoms with Gasteiger partial charge in [-0.15, -0.1) is 0 Å². The van der Waals surface area contributed by atoms with Crippen LogP contribution in [0.25, 0.3) is 11.2 Å². The lowest BCUT2D eigenvalue weighted by Crippen LogP contribution is -2.06. The van der Waals surface area contributed by atoms with Crippen molar-refractivity contribution in [2.45, 2.75) is 6.54 Å². The largest absolute Gasteiger partial charge is 0.350 e. The van der Waals surface area contributed by atoms with E-state index in [-0.39, 0.29) is 0 Å². The van der Waals surface area contributed by atoms with Crippen molar-refractivity contribution in [1.29, 1.82) is 0 Å². The van der Waals surface area contributed by atoms with Gasteiger partial charge in [0.2, 0.25) is 5.95 Å². The fraction of sp³-hybridized carbons (Fsp3) is 0.0588. The molecule has 0 radical (unpaired) electrons. The Bertz CT molecular complexity index is 935. The highest BCUT2D eigenvalue weighted by Crippen LogP contribution is 2.22. The molecule has 7 heteroatoms. The van der Waals surface area contributed by atoms with Gasteiger partial charge in [-0.2, -0.15) is 9.97 Å². The first kappa shape index (κ1) is 14.1. The third-order valence-electron chi connectivity index (χ3n) is 3.50. The van der Waals surface area contributed by atoms with Crippen LogP contribution in [0.1, 0.15) is 5.56 Å². The Balaban J connectivity index is 1.62. The second-order valence-electron chi connectivity index (χ2n) is 5.20. The maximum Gasteiger partial charge on any atom is 0.227 e. The smallest absolute Gasteiger partial charge is 0.227 e. The van der Waals surface area contributed by atoms with Crippen molar-refractivity contribution in [1.82, 2.24) is 24.9 Å². The van der Waals surface area contributed by atoms with E-state index < -0.39 is 0 Å². The van der Waals surface area contributed by atoms with Gasteiger partial charge in [0.05, 0.1) is 6.33 Å². The van der Waals surface area contributed by atoms with E-state index in [9.17, 15) is 0 Å². The van der Waals surface area contributed by atoms with Crippen molar-refractivity contribution in [3.8, 4) is 0 Å². The molecule has 24 heavy (non-hydrogen) atoms. The van der Waals surface area contributed by atoms with Gasteiger partial charge in [-0.05, 0) is 23.8 Å². The fourth-order valence-corrected chi connectivity index (χ4v) is 2.34. The van der Waals surface area contributed by atoms with Gasteiger partial charge in [-0.3, -0.25) is 4.98 Å². The number of para-hydroxylation sites is 1. The number of anilines is 3. The summed E-state index contributed by atoms with van der Waals surface area (Å²) < 4.78 is 0. The van der Waals surface area contributed by atoms with Crippen LogP contribution in [0.5, 0.6) is 0 Å². The number of nitrogens with zero attached hydrogens (tertiary/aromatic N) is 4. The van der Waals surface area contributed by atoms with Crippen LogP contribution in [-0.2, 0) is 6.54 Å². The summed E-state index contributed by atoms with van der Waals surface area (Å²) in [4.78, 5) is 20.4. The Morgan fingerprint density at radius 2 is 1.92 bits per heavy atom. The highest BCUT2D eigenvalue weighted by atomic mass is 15.2. The molecular weight excluding hydrogens is 302 g/mol. The molecule has 4 aromatic rings. The second kappa shape index (κ2) is 6.33. The number of benzene rings is 1. The zero-order valence-corrected chi connectivity index (χ0v) is 12.8. The SMILES string of the molecule is c1ccc(Nc2nc(NCc3cccnc3)nc3nc[nH]c23)cc1. The number of hydrogen-bond acceptors (Lipinski definition) is 6. The lowest BCUT2D eigenvalue weighted by molar-refractivity contribution is 1.05. The summed E-state index contributed by atoms with van der Waals surface area (Å²) in [5.74, 6) is 1.19. The monoisotopic (exact) mass is 317 g/mol. The first-order valence-electron chi connectivity index (χ1n) is 7.54. The van der Waals surface area contributed by atoms with E-state index in [1.54, 1.807) is 12.5 Å². The summed E-state index contributed by atoms with van der Waals surface area (Å²) in [5.41, 5.74) is 3.38. The van der Waals surface area contributed by atoms with Crippen LogP contribution in [0.2, 0.25) is 0 Å². The molecule has 0 unspecified atom stereocenters. The van der Waals surface area contributed by atoms with Crippen LogP contribution in [0.3, 0.4) is 0 Å². The number of fused-ring (bicyclic) bond motifs is 1. The number of H-pyrrole nitrogens is 1. The van der Waals surface area contributed by atoms with Gasteiger partial charge in [0.25, 0.3) is 0 Å². The minimum absolute atomic E-state index is 0.511. The van der Waals surface area contributed by atoms with Crippen molar-refractivity contribution >= 4 is 28.6 Å². The number of hydrogen-bond donors (Lipinski definition) is 3. The van der Waals surface area contributed by atoms with Crippen molar-refractivity contribution in [3.63, 3.8) is 0 Å². The van der Waals surface area contributed by atoms with Crippen molar-refractivity contribution in [2.75, 3.05) is 10.6 Å². The maximum atomic E-state index is 4.56. The average Bonchev–Trinajstić information content (AvgIpc) is 3.11. The van der Waals surface area contributed by atoms with E-state index in [1.165, 1.54) is 0 Å². The van der Waals surface area contributed by atoms with Gasteiger partial charge in [0.15, 0.2) is 11.5 Å². The van der Waals surface area contributed by atoms with E-state index in [2.05, 4.69) is 35.6 Å². The van der Waals surface area contributed by atoms with Gasteiger partial charge in [-0.25, -0.2) is 4.98 Å². The zero-order valence-electron chi connectivity index (χ0n) is 12.8. The summed E-state index contributed by atoms with van der Waals surface area (Å²) in [5, 5.41) is 6.51. The van der Waals surface area contributed by atoms with Crippen molar-refractivity contribution in [3.05, 3.63) is 66.7 Å². The summed E-state index contributed by atoms with van der Waals surface area (Å²) in [7, 11) is 0. The lowest BCUT2D eigenvalue weighted by atomic mass is 10.3. The van der Waals surface area contributed by atoms with E-state index >= 15 is 0 Å². The first-order valence-corrected chi connectivity index (χ1v) is 7.54. The molecule has 0 aliphatic rings. The molecule has 0 spiro atoms. The van der Waals surface area contributed by atoms with Gasteiger partial charge in [0, 0.05) is 24.6 Å². The van der Waals surface area contributed by atoms with Crippen LogP contribution in [-0.4, -0.2) is 24.9 Å². The van der Waals surface area contributed by atoms with Crippen LogP contribution in [0.4, 0.5) is 17.5 Å². The Kier molecular flexibility index (Phi) is 3.73. The highest BCUT2D eigenvalue weighted by Gasteiger charge is 2.10. The van der Waals surface area contributed by atoms with E-state index in [1.807, 2.05) is 48.7 Å². The molecule has 4 rings (SSSR count). The number of imidazole rings is 1. The fourth-order valence-electron chi connectivity index (χ4n) is 2.34. The molecule has 0 saturated carbocycles. The highest BCUT2D eigenvalue weighted by molar-refractivity contribution is 5.85. The number of nitrogens with one attached hydrogen (secondary N) is 3. The Morgan fingerprint density at radius 3 is 2.75 bits per heavy atom. The number of aromatic nitrogens is 5. The Labute approximate surface area is 138 Å². The maximum absolute atomic E-state index is 4.56. The molecule has 0 aliphatic heterocycles. The minimum atomic E-state index is 0.511. The predicted octanol–water partition coefficient (Wildman–Crippen LogP) is 3.10. The normalized spacial score (nSPS) is 10.7. The van der Waals surface area contributed by atoms with Crippen LogP contribution < -0.4 is 10.6 Å². The zero-order chi connectivity index (χ0) is 16.2. The molecule has 118 valence electrons. The number of aromatic amines is 1. The Morgan fingerprint density at radius 1 is 1.00 bits per heavy atom. The van der Waals surface area contributed by atoms with E-state index in [4.69, 9.17) is 0 Å². The standard InChI is InChI=1S/C17H15N7/c1-2-6-13(7-3-1)22-16-14-15(21-11-20-14)23-17(24-16)19-10-12-5-4-8-18-9-12/h1-9,11H,10H2,(H3,19,20,21,22,23,24). The molecule has 0 fully saturated rings. The molecule has 3 aromatic heterocycles. The quantitative estimate of drug-likeness (QED) is 0.524. The number of rotatable bonds is 5. The Hall–Kier alpha value is -3.48. The van der Waals surface area contributed by atoms with Crippen LogP contribution in [0.15, 0.2) is 61.2 Å². The molecule has 0 aliphatic carbocycles. The van der Waals surface area contributed by atoms with Crippen LogP contribution >= 0.6 is 0 Å². The lowest BCUT2D eigenvalue weighted by Gasteiger charge is -2.09. The molecule has 0 amide bonds. The summed E-state index contributed by atoms with van der Waals surface area (Å²) in [6.45, 7) is 0.592. The van der Waals surface area contributed by atoms with Crippen LogP contribution in [0, 0.1) is 0 Å². The first-order chi connectivity index (χ1) is 11.9. The summed E-state index contributed by atoms with van der Waals surface area (Å²) in [6.07, 6.45) is 5.17. The molecule has 0 atom stereocenters. The molecule has 0 bridgehead atoms. The third-order valence-corrected chi connectivity index (χ3v) is 3.50. The van der Waals surface area contributed by atoms with Gasteiger partial charge >= 0.3 is 0 Å². The molecule has 7 nitrogen and oxygen atoms in total. The average molecular weight is 317 g/mol. The summed E-state index contributed by atoms with van der Waals surface area (Å²) >= 11 is 0. The van der Waals surface area contributed by atoms with E-state index in [0.717, 1.165) is 16.8 Å². The van der Waals surface area contributed by atoms with Crippen molar-refractivity contribution in [2.24, 2.45) is 0 Å². The molecule has 3 N–H and O–H groups in total. The minimum Gasteiger partial charge on any atom is -0.350 e. The molecule has 3 heterocycles. The van der Waals surface area contributed by atoms with Gasteiger partial charge in [0.1, 0.15) is 5.52 Å². The topological polar surface area (TPSA) is 91.4 Å².